The fourth-order valence-corrected chi connectivity index (χ4v) is 2.78. The Morgan fingerprint density at radius 3 is 2.56 bits per heavy atom. The minimum absolute atomic E-state index is 0.176. The van der Waals surface area contributed by atoms with Crippen LogP contribution in [-0.4, -0.2) is 42.1 Å². The van der Waals surface area contributed by atoms with Crippen LogP contribution in [0.1, 0.15) is 17.0 Å². The number of hydrogen-bond acceptors (Lipinski definition) is 7. The lowest BCUT2D eigenvalue weighted by Crippen LogP contribution is -2.20. The minimum Gasteiger partial charge on any atom is -0.497 e. The predicted molar refractivity (Wildman–Crippen MR) is 97.5 cm³/mol. The van der Waals surface area contributed by atoms with Gasteiger partial charge in [0.25, 0.3) is 5.91 Å². The van der Waals surface area contributed by atoms with Gasteiger partial charge in [-0.2, -0.15) is 5.10 Å². The summed E-state index contributed by atoms with van der Waals surface area (Å²) in [6.07, 6.45) is 1.51. The second-order valence-corrected chi connectivity index (χ2v) is 6.07. The summed E-state index contributed by atoms with van der Waals surface area (Å²) in [4.78, 5) is 20.5. The molecule has 0 saturated heterocycles. The number of methoxy groups -OCH3 is 2. The molecule has 1 amide bonds. The van der Waals surface area contributed by atoms with Gasteiger partial charge in [-0.25, -0.2) is 15.4 Å². The molecule has 2 rings (SSSR count). The molecule has 132 valence electrons. The third kappa shape index (κ3) is 5.75. The van der Waals surface area contributed by atoms with Gasteiger partial charge in [-0.1, -0.05) is 11.8 Å². The molecule has 1 aromatic carbocycles. The maximum Gasteiger partial charge on any atom is 0.250 e. The Morgan fingerprint density at radius 2 is 1.92 bits per heavy atom. The first-order valence-corrected chi connectivity index (χ1v) is 8.49. The quantitative estimate of drug-likeness (QED) is 0.353. The third-order valence-corrected chi connectivity index (χ3v) is 3.97. The number of aryl methyl sites for hydroxylation is 2. The highest BCUT2D eigenvalue weighted by Gasteiger charge is 2.06. The molecule has 0 fully saturated rings. The van der Waals surface area contributed by atoms with Crippen molar-refractivity contribution in [1.29, 1.82) is 0 Å². The van der Waals surface area contributed by atoms with Crippen LogP contribution < -0.4 is 14.9 Å². The van der Waals surface area contributed by atoms with Gasteiger partial charge in [-0.15, -0.1) is 0 Å². The van der Waals surface area contributed by atoms with Crippen molar-refractivity contribution in [3.8, 4) is 11.5 Å². The zero-order valence-electron chi connectivity index (χ0n) is 14.6. The van der Waals surface area contributed by atoms with Crippen molar-refractivity contribution in [3.63, 3.8) is 0 Å². The Bertz CT molecular complexity index is 760. The van der Waals surface area contributed by atoms with E-state index in [2.05, 4.69) is 20.5 Å². The molecule has 0 aliphatic rings. The van der Waals surface area contributed by atoms with Crippen LogP contribution in [-0.2, 0) is 4.79 Å². The number of nitrogens with one attached hydrogen (secondary N) is 1. The number of ether oxygens (including phenoxy) is 2. The molecular formula is C17H20N4O3S. The second-order valence-electron chi connectivity index (χ2n) is 5.12. The largest absolute Gasteiger partial charge is 0.497 e. The van der Waals surface area contributed by atoms with Crippen LogP contribution in [0.4, 0.5) is 0 Å². The molecule has 0 saturated carbocycles. The van der Waals surface area contributed by atoms with Crippen molar-refractivity contribution in [2.75, 3.05) is 20.0 Å². The van der Waals surface area contributed by atoms with Gasteiger partial charge in [0, 0.05) is 17.0 Å². The van der Waals surface area contributed by atoms with Gasteiger partial charge < -0.3 is 9.47 Å². The standard InChI is InChI=1S/C17H20N4O3S/c1-11-7-12(2)20-17(19-11)25-10-16(22)21-18-9-13-8-14(23-3)5-6-15(13)24-4/h5-9H,10H2,1-4H3,(H,21,22)/b18-9+. The van der Waals surface area contributed by atoms with Gasteiger partial charge >= 0.3 is 0 Å². The maximum absolute atomic E-state index is 11.9. The first kappa shape index (κ1) is 18.7. The number of hydrazone groups is 1. The Labute approximate surface area is 150 Å². The molecule has 1 aromatic heterocycles. The molecule has 1 N–H and O–H groups in total. The van der Waals surface area contributed by atoms with E-state index in [1.165, 1.54) is 18.0 Å². The molecule has 0 radical (unpaired) electrons. The first-order valence-electron chi connectivity index (χ1n) is 7.51. The number of benzene rings is 1. The van der Waals surface area contributed by atoms with Gasteiger partial charge in [-0.05, 0) is 38.1 Å². The normalized spacial score (nSPS) is 10.7. The van der Waals surface area contributed by atoms with Crippen LogP contribution in [0, 0.1) is 13.8 Å². The molecule has 8 heteroatoms. The maximum atomic E-state index is 11.9. The Kier molecular flexibility index (Phi) is 6.76. The summed E-state index contributed by atoms with van der Waals surface area (Å²) in [7, 11) is 3.15. The molecule has 0 spiro atoms. The van der Waals surface area contributed by atoms with Crippen molar-refractivity contribution >= 4 is 23.9 Å². The molecule has 2 aromatic rings. The average molecular weight is 360 g/mol. The molecule has 0 aliphatic carbocycles. The van der Waals surface area contributed by atoms with Crippen molar-refractivity contribution in [3.05, 3.63) is 41.2 Å². The van der Waals surface area contributed by atoms with E-state index in [-0.39, 0.29) is 11.7 Å². The Morgan fingerprint density at radius 1 is 1.20 bits per heavy atom. The zero-order chi connectivity index (χ0) is 18.2. The van der Waals surface area contributed by atoms with Crippen molar-refractivity contribution < 1.29 is 14.3 Å². The number of carbonyl (C=O) groups is 1. The summed E-state index contributed by atoms with van der Waals surface area (Å²) in [6, 6.07) is 7.22. The lowest BCUT2D eigenvalue weighted by molar-refractivity contribution is -0.118. The first-order chi connectivity index (χ1) is 12.0. The van der Waals surface area contributed by atoms with Crippen LogP contribution in [0.5, 0.6) is 11.5 Å². The van der Waals surface area contributed by atoms with E-state index in [4.69, 9.17) is 9.47 Å². The number of amides is 1. The van der Waals surface area contributed by atoms with Crippen LogP contribution in [0.2, 0.25) is 0 Å². The highest BCUT2D eigenvalue weighted by molar-refractivity contribution is 7.99. The summed E-state index contributed by atoms with van der Waals surface area (Å²) in [5.74, 6) is 1.24. The van der Waals surface area contributed by atoms with Gasteiger partial charge in [0.15, 0.2) is 5.16 Å². The van der Waals surface area contributed by atoms with E-state index >= 15 is 0 Å². The van der Waals surface area contributed by atoms with Gasteiger partial charge in [0.2, 0.25) is 0 Å². The molecule has 1 heterocycles. The fourth-order valence-electron chi connectivity index (χ4n) is 2.03. The SMILES string of the molecule is COc1ccc(OC)c(/C=N/NC(=O)CSc2nc(C)cc(C)n2)c1. The zero-order valence-corrected chi connectivity index (χ0v) is 15.4. The predicted octanol–water partition coefficient (Wildman–Crippen LogP) is 2.35. The fraction of sp³-hybridized carbons (Fsp3) is 0.294. The summed E-state index contributed by atoms with van der Waals surface area (Å²) in [5, 5.41) is 4.53. The smallest absolute Gasteiger partial charge is 0.250 e. The molecule has 25 heavy (non-hydrogen) atoms. The summed E-state index contributed by atoms with van der Waals surface area (Å²) in [5.41, 5.74) is 4.93. The van der Waals surface area contributed by atoms with E-state index in [1.807, 2.05) is 19.9 Å². The number of aromatic nitrogens is 2. The number of carbonyl (C=O) groups excluding carboxylic acids is 1. The molecule has 0 aliphatic heterocycles. The lowest BCUT2D eigenvalue weighted by atomic mass is 10.2. The average Bonchev–Trinajstić information content (AvgIpc) is 2.59. The highest BCUT2D eigenvalue weighted by atomic mass is 32.2. The number of thioether (sulfide) groups is 1. The number of hydrogen-bond donors (Lipinski definition) is 1. The van der Waals surface area contributed by atoms with Gasteiger partial charge in [-0.3, -0.25) is 4.79 Å². The molecule has 0 atom stereocenters. The van der Waals surface area contributed by atoms with Gasteiger partial charge in [0.05, 0.1) is 26.2 Å². The molecule has 7 nitrogen and oxygen atoms in total. The summed E-state index contributed by atoms with van der Waals surface area (Å²) < 4.78 is 10.4. The van der Waals surface area contributed by atoms with Crippen molar-refractivity contribution in [1.82, 2.24) is 15.4 Å². The minimum atomic E-state index is -0.245. The van der Waals surface area contributed by atoms with Crippen LogP contribution in [0.25, 0.3) is 0 Å². The van der Waals surface area contributed by atoms with Crippen molar-refractivity contribution in [2.45, 2.75) is 19.0 Å². The van der Waals surface area contributed by atoms with Crippen LogP contribution >= 0.6 is 11.8 Å². The van der Waals surface area contributed by atoms with E-state index < -0.39 is 0 Å². The number of rotatable bonds is 7. The second kappa shape index (κ2) is 9.03. The lowest BCUT2D eigenvalue weighted by Gasteiger charge is -2.06. The van der Waals surface area contributed by atoms with Crippen LogP contribution in [0.15, 0.2) is 34.5 Å². The summed E-state index contributed by atoms with van der Waals surface area (Å²) in [6.45, 7) is 3.79. The highest BCUT2D eigenvalue weighted by Crippen LogP contribution is 2.22. The Hall–Kier alpha value is -2.61. The molecule has 0 unspecified atom stereocenters. The monoisotopic (exact) mass is 360 g/mol. The van der Waals surface area contributed by atoms with E-state index in [0.717, 1.165) is 11.4 Å². The summed E-state index contributed by atoms with van der Waals surface area (Å²) >= 11 is 1.26. The van der Waals surface area contributed by atoms with Crippen molar-refractivity contribution in [2.24, 2.45) is 5.10 Å². The van der Waals surface area contributed by atoms with E-state index in [9.17, 15) is 4.79 Å². The number of nitrogens with zero attached hydrogens (tertiary/aromatic N) is 3. The molecule has 0 bridgehead atoms. The Balaban J connectivity index is 1.92. The van der Waals surface area contributed by atoms with Crippen LogP contribution in [0.3, 0.4) is 0 Å². The topological polar surface area (TPSA) is 85.7 Å². The van der Waals surface area contributed by atoms with E-state index in [1.54, 1.807) is 32.4 Å². The van der Waals surface area contributed by atoms with Gasteiger partial charge in [0.1, 0.15) is 11.5 Å². The molecular weight excluding hydrogens is 340 g/mol. The third-order valence-electron chi connectivity index (χ3n) is 3.12. The van der Waals surface area contributed by atoms with E-state index in [0.29, 0.717) is 22.2 Å².